The van der Waals surface area contributed by atoms with E-state index in [0.29, 0.717) is 16.7 Å². The molecule has 5 atom stereocenters. The summed E-state index contributed by atoms with van der Waals surface area (Å²) >= 11 is 0. The molecule has 10 heteroatoms. The van der Waals surface area contributed by atoms with Gasteiger partial charge in [0.1, 0.15) is 29.1 Å². The number of hydrogen-bond donors (Lipinski definition) is 5. The lowest BCUT2D eigenvalue weighted by Crippen LogP contribution is -2.72. The number of nitrogens with zero attached hydrogens (tertiary/aromatic N) is 1. The standard InChI is InChI=1S/C29H39N3O7/c1-7-28(31-26(36)32(5)6)24(30)21(15-19-11-9-12-20(14-19)18(3)33)29(38,27(28,4)37)16-39-25(35)23-17(2)10-8-13-22(23)34/h8-14,21,24,34,37-38H,7,15-16,30H2,1-6H3,(H,31,36)/t21-,24-,27+,28-,29+/m0/s1. The first-order valence-corrected chi connectivity index (χ1v) is 12.9. The van der Waals surface area contributed by atoms with E-state index in [2.05, 4.69) is 5.32 Å². The van der Waals surface area contributed by atoms with E-state index in [1.54, 1.807) is 64.3 Å². The molecule has 2 aromatic carbocycles. The van der Waals surface area contributed by atoms with Gasteiger partial charge in [0.05, 0.1) is 5.54 Å². The van der Waals surface area contributed by atoms with Gasteiger partial charge >= 0.3 is 12.0 Å². The normalized spacial score (nSPS) is 28.1. The van der Waals surface area contributed by atoms with Gasteiger partial charge < -0.3 is 36.0 Å². The van der Waals surface area contributed by atoms with Crippen LogP contribution in [0.25, 0.3) is 0 Å². The quantitative estimate of drug-likeness (QED) is 0.251. The summed E-state index contributed by atoms with van der Waals surface area (Å²) < 4.78 is 5.54. The summed E-state index contributed by atoms with van der Waals surface area (Å²) in [5.74, 6) is -2.22. The van der Waals surface area contributed by atoms with Gasteiger partial charge in [-0.3, -0.25) is 4.79 Å². The molecule has 0 radical (unpaired) electrons. The minimum absolute atomic E-state index is 0.0589. The fourth-order valence-corrected chi connectivity index (χ4v) is 5.77. The Bertz CT molecular complexity index is 1240. The number of carbonyl (C=O) groups is 3. The molecule has 0 bridgehead atoms. The van der Waals surface area contributed by atoms with E-state index >= 15 is 0 Å². The van der Waals surface area contributed by atoms with Gasteiger partial charge in [-0.25, -0.2) is 9.59 Å². The average molecular weight is 542 g/mol. The highest BCUT2D eigenvalue weighted by atomic mass is 16.5. The van der Waals surface area contributed by atoms with Crippen LogP contribution in [0.1, 0.15) is 59.0 Å². The smallest absolute Gasteiger partial charge is 0.342 e. The minimum atomic E-state index is -2.14. The summed E-state index contributed by atoms with van der Waals surface area (Å²) in [7, 11) is 3.09. The van der Waals surface area contributed by atoms with E-state index in [-0.39, 0.29) is 29.9 Å². The van der Waals surface area contributed by atoms with Crippen molar-refractivity contribution in [2.45, 2.75) is 63.3 Å². The molecule has 1 saturated carbocycles. The van der Waals surface area contributed by atoms with E-state index in [9.17, 15) is 29.7 Å². The van der Waals surface area contributed by atoms with Crippen LogP contribution >= 0.6 is 0 Å². The van der Waals surface area contributed by atoms with Gasteiger partial charge in [-0.15, -0.1) is 0 Å². The van der Waals surface area contributed by atoms with Gasteiger partial charge in [0.25, 0.3) is 0 Å². The lowest BCUT2D eigenvalue weighted by molar-refractivity contribution is -0.183. The minimum Gasteiger partial charge on any atom is -0.507 e. The van der Waals surface area contributed by atoms with Gasteiger partial charge in [-0.05, 0) is 56.9 Å². The van der Waals surface area contributed by atoms with Crippen LogP contribution in [0, 0.1) is 12.8 Å². The summed E-state index contributed by atoms with van der Waals surface area (Å²) in [4.78, 5) is 39.2. The molecule has 2 amide bonds. The monoisotopic (exact) mass is 541 g/mol. The molecule has 2 aromatic rings. The van der Waals surface area contributed by atoms with Crippen LogP contribution in [0.2, 0.25) is 0 Å². The molecule has 10 nitrogen and oxygen atoms in total. The number of aliphatic hydroxyl groups is 2. The number of Topliss-reactive ketones (excluding diaryl/α,β-unsaturated/α-hetero) is 1. The summed E-state index contributed by atoms with van der Waals surface area (Å²) in [6.45, 7) is 5.52. The number of amides is 2. The molecule has 1 fully saturated rings. The Kier molecular flexibility index (Phi) is 8.45. The van der Waals surface area contributed by atoms with Crippen molar-refractivity contribution in [2.75, 3.05) is 20.7 Å². The fraction of sp³-hybridized carbons (Fsp3) is 0.483. The zero-order valence-electron chi connectivity index (χ0n) is 23.3. The Balaban J connectivity index is 2.09. The van der Waals surface area contributed by atoms with Crippen LogP contribution in [0.4, 0.5) is 4.79 Å². The number of ketones is 1. The number of ether oxygens (including phenoxy) is 1. The maximum atomic E-state index is 13.0. The van der Waals surface area contributed by atoms with Crippen molar-refractivity contribution in [3.05, 3.63) is 64.7 Å². The summed E-state index contributed by atoms with van der Waals surface area (Å²) in [5.41, 5.74) is 2.62. The fourth-order valence-electron chi connectivity index (χ4n) is 5.77. The molecule has 0 heterocycles. The third kappa shape index (κ3) is 5.11. The van der Waals surface area contributed by atoms with Crippen molar-refractivity contribution in [1.82, 2.24) is 10.2 Å². The van der Waals surface area contributed by atoms with Crippen molar-refractivity contribution >= 4 is 17.8 Å². The number of esters is 1. The second kappa shape index (κ2) is 11.0. The van der Waals surface area contributed by atoms with Gasteiger partial charge in [0.2, 0.25) is 0 Å². The number of nitrogens with one attached hydrogen (secondary N) is 1. The van der Waals surface area contributed by atoms with Crippen LogP contribution in [-0.2, 0) is 11.2 Å². The molecular formula is C29H39N3O7. The van der Waals surface area contributed by atoms with E-state index in [4.69, 9.17) is 10.5 Å². The van der Waals surface area contributed by atoms with Crippen molar-refractivity contribution in [3.63, 3.8) is 0 Å². The third-order valence-electron chi connectivity index (χ3n) is 8.29. The zero-order valence-corrected chi connectivity index (χ0v) is 23.3. The molecule has 212 valence electrons. The number of hydrogen-bond acceptors (Lipinski definition) is 8. The molecule has 0 unspecified atom stereocenters. The van der Waals surface area contributed by atoms with Gasteiger partial charge in [-0.2, -0.15) is 0 Å². The summed E-state index contributed by atoms with van der Waals surface area (Å²) in [5, 5.41) is 37.4. The highest BCUT2D eigenvalue weighted by molar-refractivity contribution is 5.94. The molecule has 0 saturated heterocycles. The topological polar surface area (TPSA) is 162 Å². The Morgan fingerprint density at radius 2 is 1.77 bits per heavy atom. The van der Waals surface area contributed by atoms with E-state index in [1.165, 1.54) is 24.8 Å². The van der Waals surface area contributed by atoms with Crippen LogP contribution in [0.5, 0.6) is 5.75 Å². The first-order valence-electron chi connectivity index (χ1n) is 12.9. The number of aromatic hydroxyl groups is 1. The van der Waals surface area contributed by atoms with Gasteiger partial charge in [-0.1, -0.05) is 37.3 Å². The molecule has 1 aliphatic carbocycles. The second-order valence-electron chi connectivity index (χ2n) is 10.8. The maximum Gasteiger partial charge on any atom is 0.342 e. The predicted molar refractivity (Wildman–Crippen MR) is 146 cm³/mol. The molecule has 39 heavy (non-hydrogen) atoms. The van der Waals surface area contributed by atoms with Gasteiger partial charge in [0.15, 0.2) is 5.78 Å². The second-order valence-corrected chi connectivity index (χ2v) is 10.8. The van der Waals surface area contributed by atoms with Crippen molar-refractivity contribution in [2.24, 2.45) is 11.7 Å². The van der Waals surface area contributed by atoms with Crippen LogP contribution in [0.15, 0.2) is 42.5 Å². The molecule has 3 rings (SSSR count). The number of benzene rings is 2. The lowest BCUT2D eigenvalue weighted by Gasteiger charge is -2.47. The number of phenols is 1. The van der Waals surface area contributed by atoms with Crippen molar-refractivity contribution in [1.29, 1.82) is 0 Å². The maximum absolute atomic E-state index is 13.0. The first-order chi connectivity index (χ1) is 18.1. The number of phenolic OH excluding ortho intramolecular Hbond substituents is 1. The zero-order chi connectivity index (χ0) is 29.3. The number of nitrogens with two attached hydrogens (primary N) is 1. The van der Waals surface area contributed by atoms with Crippen LogP contribution < -0.4 is 11.1 Å². The van der Waals surface area contributed by atoms with E-state index in [0.717, 1.165) is 0 Å². The van der Waals surface area contributed by atoms with Crippen LogP contribution in [0.3, 0.4) is 0 Å². The Morgan fingerprint density at radius 1 is 1.13 bits per heavy atom. The van der Waals surface area contributed by atoms with Crippen molar-refractivity contribution in [3.8, 4) is 5.75 Å². The summed E-state index contributed by atoms with van der Waals surface area (Å²) in [6.07, 6.45) is 0.265. The predicted octanol–water partition coefficient (Wildman–Crippen LogP) is 2.16. The molecular weight excluding hydrogens is 502 g/mol. The highest BCUT2D eigenvalue weighted by Crippen LogP contribution is 2.52. The number of aryl methyl sites for hydroxylation is 1. The Morgan fingerprint density at radius 3 is 2.33 bits per heavy atom. The molecule has 6 N–H and O–H groups in total. The number of carbonyl (C=O) groups excluding carboxylic acids is 3. The summed E-state index contributed by atoms with van der Waals surface area (Å²) in [6, 6.07) is 9.92. The van der Waals surface area contributed by atoms with Gasteiger partial charge in [0, 0.05) is 31.6 Å². The van der Waals surface area contributed by atoms with Crippen molar-refractivity contribution < 1.29 is 34.4 Å². The third-order valence-corrected chi connectivity index (χ3v) is 8.29. The number of urea groups is 1. The Labute approximate surface area is 228 Å². The largest absolute Gasteiger partial charge is 0.507 e. The average Bonchev–Trinajstić information content (AvgIpc) is 2.98. The molecule has 0 aromatic heterocycles. The Hall–Kier alpha value is -3.47. The lowest BCUT2D eigenvalue weighted by atomic mass is 9.74. The molecule has 0 aliphatic heterocycles. The number of rotatable bonds is 8. The molecule has 1 aliphatic rings. The van der Waals surface area contributed by atoms with E-state index < -0.39 is 47.3 Å². The molecule has 0 spiro atoms. The highest BCUT2D eigenvalue weighted by Gasteiger charge is 2.73. The van der Waals surface area contributed by atoms with E-state index in [1.807, 2.05) is 0 Å². The first kappa shape index (κ1) is 30.1. The van der Waals surface area contributed by atoms with Crippen LogP contribution in [-0.4, -0.2) is 81.5 Å². The SMILES string of the molecule is CC[C@]1(NC(=O)N(C)C)[C@@H](N)[C@H](Cc2cccc(C(C)=O)c2)[C@](O)(COC(=O)c2c(C)cccc2O)[C@]1(C)O.